The minimum atomic E-state index is 0.564. The number of hydrogen-bond acceptors (Lipinski definition) is 4. The van der Waals surface area contributed by atoms with Crippen molar-refractivity contribution in [1.82, 2.24) is 10.3 Å². The molecule has 0 amide bonds. The molecule has 0 spiro atoms. The summed E-state index contributed by atoms with van der Waals surface area (Å²) in [6, 6.07) is 0. The number of rotatable bonds is 7. The van der Waals surface area contributed by atoms with Crippen LogP contribution in [0.2, 0.25) is 0 Å². The van der Waals surface area contributed by atoms with Crippen LogP contribution in [0.15, 0.2) is 11.7 Å². The zero-order valence-corrected chi connectivity index (χ0v) is 8.90. The normalized spacial score (nSPS) is 10.5. The van der Waals surface area contributed by atoms with Crippen LogP contribution in [0.4, 0.5) is 0 Å². The summed E-state index contributed by atoms with van der Waals surface area (Å²) in [5.41, 5.74) is 1.83. The molecular formula is C8H13ClN2OS. The van der Waals surface area contributed by atoms with Crippen LogP contribution in [-0.2, 0) is 11.3 Å². The van der Waals surface area contributed by atoms with Crippen molar-refractivity contribution < 1.29 is 4.74 Å². The highest BCUT2D eigenvalue weighted by molar-refractivity contribution is 7.09. The van der Waals surface area contributed by atoms with Crippen molar-refractivity contribution in [2.75, 3.05) is 25.6 Å². The number of ether oxygens (including phenoxy) is 1. The van der Waals surface area contributed by atoms with Gasteiger partial charge < -0.3 is 10.1 Å². The fraction of sp³-hybridized carbons (Fsp3) is 0.625. The number of aromatic nitrogens is 1. The van der Waals surface area contributed by atoms with Gasteiger partial charge in [0.05, 0.1) is 18.7 Å². The van der Waals surface area contributed by atoms with E-state index >= 15 is 0 Å². The molecule has 1 aromatic heterocycles. The summed E-state index contributed by atoms with van der Waals surface area (Å²) < 4.78 is 5.20. The van der Waals surface area contributed by atoms with Crippen LogP contribution in [0.25, 0.3) is 0 Å². The van der Waals surface area contributed by atoms with Crippen LogP contribution in [0.1, 0.15) is 4.88 Å². The summed E-state index contributed by atoms with van der Waals surface area (Å²) >= 11 is 7.10. The molecule has 0 saturated heterocycles. The van der Waals surface area contributed by atoms with Gasteiger partial charge in [-0.05, 0) is 0 Å². The van der Waals surface area contributed by atoms with E-state index in [1.165, 1.54) is 4.88 Å². The Morgan fingerprint density at radius 2 is 2.46 bits per heavy atom. The molecule has 5 heteroatoms. The summed E-state index contributed by atoms with van der Waals surface area (Å²) in [6.07, 6.45) is 1.87. The predicted octanol–water partition coefficient (Wildman–Crippen LogP) is 1.49. The van der Waals surface area contributed by atoms with Crippen LogP contribution in [0.3, 0.4) is 0 Å². The van der Waals surface area contributed by atoms with E-state index in [4.69, 9.17) is 16.3 Å². The second-order valence-corrected chi connectivity index (χ2v) is 3.79. The zero-order valence-electron chi connectivity index (χ0n) is 7.33. The molecule has 1 aromatic rings. The first-order valence-electron chi connectivity index (χ1n) is 4.15. The van der Waals surface area contributed by atoms with Crippen molar-refractivity contribution in [2.45, 2.75) is 6.54 Å². The van der Waals surface area contributed by atoms with Crippen LogP contribution in [-0.4, -0.2) is 30.6 Å². The number of alkyl halides is 1. The van der Waals surface area contributed by atoms with Gasteiger partial charge >= 0.3 is 0 Å². The van der Waals surface area contributed by atoms with Gasteiger partial charge in [0.25, 0.3) is 0 Å². The van der Waals surface area contributed by atoms with Crippen molar-refractivity contribution >= 4 is 22.9 Å². The standard InChI is InChI=1S/C8H13ClN2OS/c9-1-3-12-4-2-10-5-8-6-11-7-13-8/h6-7,10H,1-5H2. The lowest BCUT2D eigenvalue weighted by atomic mass is 10.5. The van der Waals surface area contributed by atoms with Gasteiger partial charge in [0.1, 0.15) is 0 Å². The molecule has 1 rings (SSSR count). The summed E-state index contributed by atoms with van der Waals surface area (Å²) in [6.45, 7) is 3.07. The van der Waals surface area contributed by atoms with Gasteiger partial charge in [0.15, 0.2) is 0 Å². The van der Waals surface area contributed by atoms with Gasteiger partial charge in [-0.15, -0.1) is 22.9 Å². The molecule has 13 heavy (non-hydrogen) atoms. The van der Waals surface area contributed by atoms with E-state index in [-0.39, 0.29) is 0 Å². The Hall–Kier alpha value is -0.160. The van der Waals surface area contributed by atoms with Gasteiger partial charge in [-0.2, -0.15) is 0 Å². The molecule has 1 N–H and O–H groups in total. The van der Waals surface area contributed by atoms with E-state index < -0.39 is 0 Å². The van der Waals surface area contributed by atoms with Gasteiger partial charge in [-0.1, -0.05) is 0 Å². The predicted molar refractivity (Wildman–Crippen MR) is 55.4 cm³/mol. The Morgan fingerprint density at radius 1 is 1.54 bits per heavy atom. The lowest BCUT2D eigenvalue weighted by Gasteiger charge is -2.02. The summed E-state index contributed by atoms with van der Waals surface area (Å²) in [5.74, 6) is 0.564. The van der Waals surface area contributed by atoms with E-state index in [1.54, 1.807) is 11.3 Å². The minimum absolute atomic E-state index is 0.564. The molecule has 0 aliphatic rings. The van der Waals surface area contributed by atoms with Crippen LogP contribution in [0, 0.1) is 0 Å². The van der Waals surface area contributed by atoms with E-state index in [9.17, 15) is 0 Å². The van der Waals surface area contributed by atoms with E-state index in [0.29, 0.717) is 19.1 Å². The van der Waals surface area contributed by atoms with Crippen molar-refractivity contribution in [3.05, 3.63) is 16.6 Å². The third-order valence-corrected chi connectivity index (χ3v) is 2.36. The monoisotopic (exact) mass is 220 g/mol. The second-order valence-electron chi connectivity index (χ2n) is 2.45. The molecule has 0 saturated carbocycles. The molecule has 0 unspecified atom stereocenters. The highest BCUT2D eigenvalue weighted by Gasteiger charge is 1.92. The Balaban J connectivity index is 1.90. The smallest absolute Gasteiger partial charge is 0.0794 e. The molecule has 1 heterocycles. The number of halogens is 1. The van der Waals surface area contributed by atoms with Crippen LogP contribution >= 0.6 is 22.9 Å². The van der Waals surface area contributed by atoms with Crippen molar-refractivity contribution in [2.24, 2.45) is 0 Å². The molecule has 0 aromatic carbocycles. The highest BCUT2D eigenvalue weighted by Crippen LogP contribution is 2.03. The maximum Gasteiger partial charge on any atom is 0.0794 e. The fourth-order valence-corrected chi connectivity index (χ4v) is 1.52. The molecule has 3 nitrogen and oxygen atoms in total. The molecular weight excluding hydrogens is 208 g/mol. The molecule has 0 bridgehead atoms. The first kappa shape index (κ1) is 10.9. The number of nitrogens with one attached hydrogen (secondary N) is 1. The molecule has 0 fully saturated rings. The SMILES string of the molecule is ClCCOCCNCc1cncs1. The Morgan fingerprint density at radius 3 is 3.15 bits per heavy atom. The molecule has 0 atom stereocenters. The molecule has 0 aliphatic heterocycles. The van der Waals surface area contributed by atoms with E-state index in [0.717, 1.165) is 13.1 Å². The number of thiazole rings is 1. The maximum atomic E-state index is 5.44. The van der Waals surface area contributed by atoms with E-state index in [2.05, 4.69) is 10.3 Å². The van der Waals surface area contributed by atoms with Gasteiger partial charge in [-0.25, -0.2) is 0 Å². The zero-order chi connectivity index (χ0) is 9.36. The Labute approximate surface area is 87.1 Å². The lowest BCUT2D eigenvalue weighted by molar-refractivity contribution is 0.151. The van der Waals surface area contributed by atoms with Gasteiger partial charge in [0, 0.05) is 30.0 Å². The molecule has 74 valence electrons. The average molecular weight is 221 g/mol. The second kappa shape index (κ2) is 7.26. The average Bonchev–Trinajstić information content (AvgIpc) is 2.63. The molecule has 0 radical (unpaired) electrons. The quantitative estimate of drug-likeness (QED) is 0.559. The number of nitrogens with zero attached hydrogens (tertiary/aromatic N) is 1. The third kappa shape index (κ3) is 5.21. The summed E-state index contributed by atoms with van der Waals surface area (Å²) in [4.78, 5) is 5.23. The highest BCUT2D eigenvalue weighted by atomic mass is 35.5. The first-order valence-corrected chi connectivity index (χ1v) is 5.56. The molecule has 0 aliphatic carbocycles. The van der Waals surface area contributed by atoms with Gasteiger partial charge in [0.2, 0.25) is 0 Å². The largest absolute Gasteiger partial charge is 0.379 e. The van der Waals surface area contributed by atoms with Crippen molar-refractivity contribution in [1.29, 1.82) is 0 Å². The third-order valence-electron chi connectivity index (χ3n) is 1.43. The summed E-state index contributed by atoms with van der Waals surface area (Å²) in [7, 11) is 0. The van der Waals surface area contributed by atoms with Crippen molar-refractivity contribution in [3.8, 4) is 0 Å². The Bertz CT molecular complexity index is 206. The van der Waals surface area contributed by atoms with Gasteiger partial charge in [-0.3, -0.25) is 4.98 Å². The fourth-order valence-electron chi connectivity index (χ4n) is 0.842. The first-order chi connectivity index (χ1) is 6.43. The topological polar surface area (TPSA) is 34.1 Å². The maximum absolute atomic E-state index is 5.44. The van der Waals surface area contributed by atoms with Crippen LogP contribution < -0.4 is 5.32 Å². The van der Waals surface area contributed by atoms with E-state index in [1.807, 2.05) is 11.7 Å². The summed E-state index contributed by atoms with van der Waals surface area (Å²) in [5, 5.41) is 3.25. The van der Waals surface area contributed by atoms with Crippen LogP contribution in [0.5, 0.6) is 0 Å². The minimum Gasteiger partial charge on any atom is -0.379 e. The Kier molecular flexibility index (Phi) is 6.10. The number of hydrogen-bond donors (Lipinski definition) is 1. The van der Waals surface area contributed by atoms with Crippen molar-refractivity contribution in [3.63, 3.8) is 0 Å². The lowest BCUT2D eigenvalue weighted by Crippen LogP contribution is -2.19.